The zero-order valence-corrected chi connectivity index (χ0v) is 12.5. The molecule has 1 amide bonds. The van der Waals surface area contributed by atoms with Gasteiger partial charge in [0.1, 0.15) is 6.04 Å². The Labute approximate surface area is 125 Å². The first-order chi connectivity index (χ1) is 10.2. The van der Waals surface area contributed by atoms with E-state index in [4.69, 9.17) is 4.74 Å². The number of carboxylic acids is 1. The third-order valence-electron chi connectivity index (χ3n) is 5.48. The van der Waals surface area contributed by atoms with Crippen LogP contribution in [0.5, 0.6) is 0 Å². The summed E-state index contributed by atoms with van der Waals surface area (Å²) in [5.41, 5.74) is 0. The highest BCUT2D eigenvalue weighted by atomic mass is 16.5. The van der Waals surface area contributed by atoms with E-state index in [1.54, 1.807) is 4.90 Å². The Hall–Kier alpha value is -1.10. The van der Waals surface area contributed by atoms with Crippen LogP contribution in [-0.4, -0.2) is 47.2 Å². The first-order valence-corrected chi connectivity index (χ1v) is 8.31. The molecule has 0 spiro atoms. The van der Waals surface area contributed by atoms with Gasteiger partial charge in [-0.1, -0.05) is 12.8 Å². The van der Waals surface area contributed by atoms with Gasteiger partial charge in [0.05, 0.1) is 0 Å². The summed E-state index contributed by atoms with van der Waals surface area (Å²) in [4.78, 5) is 26.3. The van der Waals surface area contributed by atoms with Crippen molar-refractivity contribution in [3.8, 4) is 0 Å². The van der Waals surface area contributed by atoms with Crippen molar-refractivity contribution in [2.45, 2.75) is 63.5 Å². The van der Waals surface area contributed by atoms with Crippen molar-refractivity contribution < 1.29 is 19.4 Å². The van der Waals surface area contributed by atoms with E-state index < -0.39 is 12.0 Å². The molecule has 3 fully saturated rings. The number of fused-ring (bicyclic) bond motifs is 1. The van der Waals surface area contributed by atoms with Gasteiger partial charge in [0.2, 0.25) is 5.91 Å². The summed E-state index contributed by atoms with van der Waals surface area (Å²) in [7, 11) is 0. The van der Waals surface area contributed by atoms with Crippen LogP contribution in [0.15, 0.2) is 0 Å². The van der Waals surface area contributed by atoms with Gasteiger partial charge in [0.15, 0.2) is 0 Å². The average molecular weight is 295 g/mol. The lowest BCUT2D eigenvalue weighted by Crippen LogP contribution is -2.59. The fourth-order valence-corrected chi connectivity index (χ4v) is 4.35. The van der Waals surface area contributed by atoms with Gasteiger partial charge in [-0.3, -0.25) is 4.79 Å². The fourth-order valence-electron chi connectivity index (χ4n) is 4.35. The highest BCUT2D eigenvalue weighted by Crippen LogP contribution is 2.39. The van der Waals surface area contributed by atoms with Crippen LogP contribution in [0.4, 0.5) is 0 Å². The fraction of sp³-hybridized carbons (Fsp3) is 0.875. The maximum atomic E-state index is 12.9. The molecule has 0 aromatic rings. The molecule has 3 unspecified atom stereocenters. The monoisotopic (exact) mass is 295 g/mol. The quantitative estimate of drug-likeness (QED) is 0.846. The summed E-state index contributed by atoms with van der Waals surface area (Å²) in [6, 6.07) is -0.455. The predicted octanol–water partition coefficient (Wildman–Crippen LogP) is 2.05. The molecule has 0 aromatic carbocycles. The smallest absolute Gasteiger partial charge is 0.326 e. The Morgan fingerprint density at radius 1 is 0.952 bits per heavy atom. The lowest BCUT2D eigenvalue weighted by Gasteiger charge is -2.48. The molecule has 5 nitrogen and oxygen atoms in total. The number of carboxylic acid groups (broad SMARTS) is 1. The van der Waals surface area contributed by atoms with Gasteiger partial charge < -0.3 is 14.7 Å². The SMILES string of the molecule is O=C(O)C1CCC2CCCCC2N1C(=O)C1CCOCC1. The molecule has 0 aromatic heterocycles. The van der Waals surface area contributed by atoms with E-state index in [1.165, 1.54) is 6.42 Å². The summed E-state index contributed by atoms with van der Waals surface area (Å²) in [6.07, 6.45) is 7.50. The van der Waals surface area contributed by atoms with Crippen molar-refractivity contribution in [2.75, 3.05) is 13.2 Å². The molecule has 0 radical (unpaired) electrons. The predicted molar refractivity (Wildman–Crippen MR) is 76.8 cm³/mol. The first kappa shape index (κ1) is 14.8. The molecule has 0 bridgehead atoms. The topological polar surface area (TPSA) is 66.8 Å². The van der Waals surface area contributed by atoms with E-state index in [2.05, 4.69) is 0 Å². The second-order valence-corrected chi connectivity index (χ2v) is 6.68. The Balaban J connectivity index is 1.81. The summed E-state index contributed by atoms with van der Waals surface area (Å²) >= 11 is 0. The van der Waals surface area contributed by atoms with Gasteiger partial charge >= 0.3 is 5.97 Å². The van der Waals surface area contributed by atoms with E-state index >= 15 is 0 Å². The van der Waals surface area contributed by atoms with E-state index in [1.807, 2.05) is 0 Å². The second kappa shape index (κ2) is 6.34. The second-order valence-electron chi connectivity index (χ2n) is 6.68. The molecular weight excluding hydrogens is 270 g/mol. The van der Waals surface area contributed by atoms with Crippen LogP contribution in [0, 0.1) is 11.8 Å². The number of amides is 1. The standard InChI is InChI=1S/C16H25NO4/c18-15(12-7-9-21-10-8-12)17-13-4-2-1-3-11(13)5-6-14(17)16(19)20/h11-14H,1-10H2,(H,19,20). The number of rotatable bonds is 2. The molecule has 2 saturated heterocycles. The van der Waals surface area contributed by atoms with E-state index in [0.717, 1.165) is 38.5 Å². The van der Waals surface area contributed by atoms with Gasteiger partial charge in [0.25, 0.3) is 0 Å². The van der Waals surface area contributed by atoms with Crippen molar-refractivity contribution >= 4 is 11.9 Å². The van der Waals surface area contributed by atoms with Crippen molar-refractivity contribution in [3.63, 3.8) is 0 Å². The van der Waals surface area contributed by atoms with Crippen LogP contribution >= 0.6 is 0 Å². The van der Waals surface area contributed by atoms with Crippen LogP contribution < -0.4 is 0 Å². The Kier molecular flexibility index (Phi) is 4.48. The highest BCUT2D eigenvalue weighted by molar-refractivity contribution is 5.85. The van der Waals surface area contributed by atoms with Gasteiger partial charge in [0, 0.05) is 25.2 Å². The maximum absolute atomic E-state index is 12.9. The van der Waals surface area contributed by atoms with Crippen LogP contribution in [-0.2, 0) is 14.3 Å². The number of hydrogen-bond donors (Lipinski definition) is 1. The molecule has 3 aliphatic rings. The zero-order chi connectivity index (χ0) is 14.8. The Morgan fingerprint density at radius 2 is 1.67 bits per heavy atom. The number of hydrogen-bond acceptors (Lipinski definition) is 3. The van der Waals surface area contributed by atoms with Crippen molar-refractivity contribution in [1.29, 1.82) is 0 Å². The van der Waals surface area contributed by atoms with E-state index in [9.17, 15) is 14.7 Å². The minimum atomic E-state index is -0.834. The summed E-state index contributed by atoms with van der Waals surface area (Å²) < 4.78 is 5.33. The molecular formula is C16H25NO4. The van der Waals surface area contributed by atoms with Crippen LogP contribution in [0.2, 0.25) is 0 Å². The third kappa shape index (κ3) is 2.93. The molecule has 3 atom stereocenters. The summed E-state index contributed by atoms with van der Waals surface area (Å²) in [5.74, 6) is -0.291. The van der Waals surface area contributed by atoms with Crippen LogP contribution in [0.25, 0.3) is 0 Å². The molecule has 2 aliphatic heterocycles. The molecule has 5 heteroatoms. The zero-order valence-electron chi connectivity index (χ0n) is 12.5. The lowest BCUT2D eigenvalue weighted by atomic mass is 9.75. The van der Waals surface area contributed by atoms with Crippen LogP contribution in [0.1, 0.15) is 51.4 Å². The third-order valence-corrected chi connectivity index (χ3v) is 5.48. The minimum Gasteiger partial charge on any atom is -0.480 e. The van der Waals surface area contributed by atoms with E-state index in [-0.39, 0.29) is 17.9 Å². The summed E-state index contributed by atoms with van der Waals surface area (Å²) in [5, 5.41) is 9.53. The molecule has 3 rings (SSSR count). The number of aliphatic carboxylic acids is 1. The van der Waals surface area contributed by atoms with Crippen molar-refractivity contribution in [1.82, 2.24) is 4.90 Å². The normalized spacial score (nSPS) is 34.3. The van der Waals surface area contributed by atoms with Gasteiger partial charge in [-0.25, -0.2) is 4.79 Å². The lowest BCUT2D eigenvalue weighted by molar-refractivity contribution is -0.162. The molecule has 21 heavy (non-hydrogen) atoms. The number of carbonyl (C=O) groups excluding carboxylic acids is 1. The van der Waals surface area contributed by atoms with Crippen LogP contribution in [0.3, 0.4) is 0 Å². The van der Waals surface area contributed by atoms with Crippen molar-refractivity contribution in [3.05, 3.63) is 0 Å². The molecule has 118 valence electrons. The average Bonchev–Trinajstić information content (AvgIpc) is 2.53. The largest absolute Gasteiger partial charge is 0.480 e. The van der Waals surface area contributed by atoms with Gasteiger partial charge in [-0.2, -0.15) is 0 Å². The first-order valence-electron chi connectivity index (χ1n) is 8.31. The number of piperidine rings is 1. The number of carbonyl (C=O) groups is 2. The van der Waals surface area contributed by atoms with E-state index in [0.29, 0.717) is 25.6 Å². The molecule has 1 saturated carbocycles. The number of likely N-dealkylation sites (tertiary alicyclic amines) is 1. The maximum Gasteiger partial charge on any atom is 0.326 e. The number of ether oxygens (including phenoxy) is 1. The molecule has 1 aliphatic carbocycles. The van der Waals surface area contributed by atoms with Crippen molar-refractivity contribution in [2.24, 2.45) is 11.8 Å². The molecule has 2 heterocycles. The number of nitrogens with zero attached hydrogens (tertiary/aromatic N) is 1. The summed E-state index contributed by atoms with van der Waals surface area (Å²) in [6.45, 7) is 1.24. The Bertz CT molecular complexity index is 405. The van der Waals surface area contributed by atoms with Gasteiger partial charge in [-0.05, 0) is 44.4 Å². The Morgan fingerprint density at radius 3 is 2.38 bits per heavy atom. The minimum absolute atomic E-state index is 0.0405. The van der Waals surface area contributed by atoms with Gasteiger partial charge in [-0.15, -0.1) is 0 Å². The highest BCUT2D eigenvalue weighted by Gasteiger charge is 2.45. The molecule has 1 N–H and O–H groups in total.